The fourth-order valence-corrected chi connectivity index (χ4v) is 8.88. The number of carbonyl (C=O) groups excluding carboxylic acids is 5. The number of pyridine rings is 1. The number of hydrogen-bond acceptors (Lipinski definition) is 9. The number of fused-ring (bicyclic) bond motifs is 2. The molecule has 4 aliphatic heterocycles. The molecule has 0 radical (unpaired) electrons. The molecule has 58 heavy (non-hydrogen) atoms. The Morgan fingerprint density at radius 3 is 2.38 bits per heavy atom. The number of likely N-dealkylation sites (tertiary alicyclic amines) is 1. The summed E-state index contributed by atoms with van der Waals surface area (Å²) < 4.78 is 0. The minimum absolute atomic E-state index is 0.0923. The molecule has 4 aliphatic rings. The Balaban J connectivity index is 0.746. The maximum Gasteiger partial charge on any atom is 0.262 e. The largest absolute Gasteiger partial charge is 0.371 e. The maximum atomic E-state index is 13.3. The predicted molar refractivity (Wildman–Crippen MR) is 219 cm³/mol. The van der Waals surface area contributed by atoms with Crippen LogP contribution >= 0.6 is 0 Å². The summed E-state index contributed by atoms with van der Waals surface area (Å²) >= 11 is 0. The molecule has 6 heterocycles. The molecule has 1 unspecified atom stereocenters. The van der Waals surface area contributed by atoms with Crippen molar-refractivity contribution >= 4 is 51.9 Å². The van der Waals surface area contributed by atoms with Gasteiger partial charge in [-0.1, -0.05) is 18.2 Å². The highest BCUT2D eigenvalue weighted by atomic mass is 16.2. The van der Waals surface area contributed by atoms with Crippen LogP contribution in [0.25, 0.3) is 22.2 Å². The van der Waals surface area contributed by atoms with E-state index in [0.717, 1.165) is 96.1 Å². The summed E-state index contributed by atoms with van der Waals surface area (Å²) in [6, 6.07) is 22.4. The standard InChI is InChI=1S/C45H46N8O5/c1-27-3-2-20-52(27)26-40-48-37-15-12-33(23-38(37)49-40)47-42(55)30-7-5-29(6-8-30)31-9-11-32(46-25-31)10-4-28-18-21-51(22-19-28)34-13-14-35-36(24-34)45(58)53(44(35)57)39-16-17-41(54)50-43(39)56/h5-9,11-15,23-25,27-28,39H,2-4,10,16-22,26H2,1H3,(H,47,55)(H,48,49)(H,50,54,56)/t27-,39?/m0/s1. The van der Waals surface area contributed by atoms with Gasteiger partial charge in [-0.05, 0) is 124 Å². The second-order valence-corrected chi connectivity index (χ2v) is 16.1. The summed E-state index contributed by atoms with van der Waals surface area (Å²) in [5, 5.41) is 5.26. The lowest BCUT2D eigenvalue weighted by atomic mass is 9.91. The van der Waals surface area contributed by atoms with E-state index < -0.39 is 29.7 Å². The third-order valence-corrected chi connectivity index (χ3v) is 12.4. The van der Waals surface area contributed by atoms with Crippen molar-refractivity contribution in [2.75, 3.05) is 29.9 Å². The van der Waals surface area contributed by atoms with Gasteiger partial charge in [0.15, 0.2) is 0 Å². The summed E-state index contributed by atoms with van der Waals surface area (Å²) in [4.78, 5) is 82.3. The fraction of sp³-hybridized carbons (Fsp3) is 0.356. The molecule has 3 aromatic carbocycles. The van der Waals surface area contributed by atoms with Gasteiger partial charge in [-0.15, -0.1) is 0 Å². The number of benzene rings is 3. The number of H-pyrrole nitrogens is 1. The van der Waals surface area contributed by atoms with Gasteiger partial charge in [0.2, 0.25) is 11.8 Å². The van der Waals surface area contributed by atoms with Gasteiger partial charge in [-0.2, -0.15) is 0 Å². The molecule has 3 N–H and O–H groups in total. The van der Waals surface area contributed by atoms with Crippen molar-refractivity contribution in [1.82, 2.24) is 30.1 Å². The molecule has 0 bridgehead atoms. The first kappa shape index (κ1) is 37.4. The lowest BCUT2D eigenvalue weighted by Crippen LogP contribution is -2.54. The molecule has 0 saturated carbocycles. The zero-order valence-corrected chi connectivity index (χ0v) is 32.5. The van der Waals surface area contributed by atoms with Crippen LogP contribution in [-0.2, 0) is 22.6 Å². The van der Waals surface area contributed by atoms with E-state index in [-0.39, 0.29) is 18.7 Å². The number of amides is 5. The predicted octanol–water partition coefficient (Wildman–Crippen LogP) is 6.11. The number of carbonyl (C=O) groups is 5. The topological polar surface area (TPSA) is 161 Å². The van der Waals surface area contributed by atoms with E-state index in [0.29, 0.717) is 34.3 Å². The summed E-state index contributed by atoms with van der Waals surface area (Å²) in [6.45, 7) is 5.83. The number of hydrogen-bond donors (Lipinski definition) is 3. The summed E-state index contributed by atoms with van der Waals surface area (Å²) in [5.74, 6) is -0.664. The van der Waals surface area contributed by atoms with E-state index in [1.54, 1.807) is 12.1 Å². The van der Waals surface area contributed by atoms with Crippen molar-refractivity contribution < 1.29 is 24.0 Å². The normalized spacial score (nSPS) is 20.2. The number of aryl methyl sites for hydroxylation is 1. The highest BCUT2D eigenvalue weighted by Gasteiger charge is 2.44. The molecule has 3 fully saturated rings. The first-order chi connectivity index (χ1) is 28.2. The van der Waals surface area contributed by atoms with Crippen LogP contribution in [0, 0.1) is 5.92 Å². The lowest BCUT2D eigenvalue weighted by molar-refractivity contribution is -0.136. The summed E-state index contributed by atoms with van der Waals surface area (Å²) in [6.07, 6.45) is 8.47. The molecule has 296 valence electrons. The Hall–Kier alpha value is -6.21. The molecule has 9 rings (SSSR count). The number of rotatable bonds is 10. The van der Waals surface area contributed by atoms with E-state index in [2.05, 4.69) is 44.5 Å². The van der Waals surface area contributed by atoms with Gasteiger partial charge in [0.1, 0.15) is 11.9 Å². The molecular formula is C45H46N8O5. The molecule has 13 nitrogen and oxygen atoms in total. The van der Waals surface area contributed by atoms with Crippen molar-refractivity contribution in [3.63, 3.8) is 0 Å². The van der Waals surface area contributed by atoms with Crippen LogP contribution in [0.3, 0.4) is 0 Å². The van der Waals surface area contributed by atoms with E-state index >= 15 is 0 Å². The highest BCUT2D eigenvalue weighted by Crippen LogP contribution is 2.33. The van der Waals surface area contributed by atoms with Gasteiger partial charge in [0.05, 0.1) is 28.7 Å². The Bertz CT molecular complexity index is 2420. The molecule has 2 atom stereocenters. The number of anilines is 2. The van der Waals surface area contributed by atoms with E-state index in [1.807, 2.05) is 54.7 Å². The molecule has 0 spiro atoms. The molecule has 2 aromatic heterocycles. The smallest absolute Gasteiger partial charge is 0.262 e. The Morgan fingerprint density at radius 2 is 1.64 bits per heavy atom. The Morgan fingerprint density at radius 1 is 0.845 bits per heavy atom. The van der Waals surface area contributed by atoms with E-state index in [1.165, 1.54) is 12.8 Å². The van der Waals surface area contributed by atoms with Gasteiger partial charge in [0.25, 0.3) is 17.7 Å². The monoisotopic (exact) mass is 778 g/mol. The second kappa shape index (κ2) is 15.6. The van der Waals surface area contributed by atoms with Gasteiger partial charge in [-0.25, -0.2) is 4.98 Å². The number of imidazole rings is 1. The second-order valence-electron chi connectivity index (χ2n) is 16.1. The third kappa shape index (κ3) is 7.49. The van der Waals surface area contributed by atoms with Crippen molar-refractivity contribution in [2.45, 2.75) is 76.9 Å². The molecule has 5 aromatic rings. The maximum absolute atomic E-state index is 13.3. The van der Waals surface area contributed by atoms with Gasteiger partial charge in [-0.3, -0.25) is 44.1 Å². The number of nitrogens with zero attached hydrogens (tertiary/aromatic N) is 5. The lowest BCUT2D eigenvalue weighted by Gasteiger charge is -2.33. The van der Waals surface area contributed by atoms with Crippen molar-refractivity contribution in [2.24, 2.45) is 5.92 Å². The quantitative estimate of drug-likeness (QED) is 0.142. The zero-order chi connectivity index (χ0) is 39.9. The van der Waals surface area contributed by atoms with Crippen molar-refractivity contribution in [3.05, 3.63) is 107 Å². The molecule has 3 saturated heterocycles. The first-order valence-corrected chi connectivity index (χ1v) is 20.4. The van der Waals surface area contributed by atoms with Crippen molar-refractivity contribution in [3.8, 4) is 11.1 Å². The molecule has 13 heteroatoms. The highest BCUT2D eigenvalue weighted by molar-refractivity contribution is 6.23. The minimum atomic E-state index is -0.972. The van der Waals surface area contributed by atoms with Crippen LogP contribution in [0.4, 0.5) is 11.4 Å². The van der Waals surface area contributed by atoms with E-state index in [9.17, 15) is 24.0 Å². The molecule has 0 aliphatic carbocycles. The Labute approximate surface area is 336 Å². The fourth-order valence-electron chi connectivity index (χ4n) is 8.88. The van der Waals surface area contributed by atoms with Gasteiger partial charge >= 0.3 is 0 Å². The van der Waals surface area contributed by atoms with Crippen LogP contribution in [0.5, 0.6) is 0 Å². The summed E-state index contributed by atoms with van der Waals surface area (Å²) in [5.41, 5.74) is 7.58. The van der Waals surface area contributed by atoms with Crippen LogP contribution in [-0.4, -0.2) is 86.0 Å². The minimum Gasteiger partial charge on any atom is -0.371 e. The average Bonchev–Trinajstić information content (AvgIpc) is 3.91. The number of piperidine rings is 2. The van der Waals surface area contributed by atoms with Crippen LogP contribution in [0.2, 0.25) is 0 Å². The summed E-state index contributed by atoms with van der Waals surface area (Å²) in [7, 11) is 0. The zero-order valence-electron chi connectivity index (χ0n) is 32.5. The van der Waals surface area contributed by atoms with Gasteiger partial charge < -0.3 is 15.2 Å². The van der Waals surface area contributed by atoms with Crippen LogP contribution in [0.15, 0.2) is 79.0 Å². The van der Waals surface area contributed by atoms with Crippen LogP contribution in [0.1, 0.15) is 94.5 Å². The number of imide groups is 2. The van der Waals surface area contributed by atoms with Gasteiger partial charge in [0, 0.05) is 59.9 Å². The first-order valence-electron chi connectivity index (χ1n) is 20.4. The SMILES string of the molecule is C[C@H]1CCCN1Cc1nc2cc(NC(=O)c3ccc(-c4ccc(CCC5CCN(c6ccc7c(c6)C(=O)N(C6CCC(=O)NC6=O)C7=O)CC5)nc4)cc3)ccc2[nH]1. The average molecular weight is 779 g/mol. The Kier molecular flexibility index (Phi) is 10.1. The number of aromatic nitrogens is 3. The van der Waals surface area contributed by atoms with E-state index in [4.69, 9.17) is 9.97 Å². The number of nitrogens with one attached hydrogen (secondary N) is 3. The number of aromatic amines is 1. The van der Waals surface area contributed by atoms with Crippen LogP contribution < -0.4 is 15.5 Å². The molecule has 5 amide bonds. The van der Waals surface area contributed by atoms with Crippen molar-refractivity contribution in [1.29, 1.82) is 0 Å². The molecular weight excluding hydrogens is 733 g/mol. The third-order valence-electron chi connectivity index (χ3n) is 12.4.